The van der Waals surface area contributed by atoms with Gasteiger partial charge in [0.1, 0.15) is 0 Å². The molecule has 2 heterocycles. The third-order valence-electron chi connectivity index (χ3n) is 3.39. The summed E-state index contributed by atoms with van der Waals surface area (Å²) in [4.78, 5) is 13.6. The molecule has 1 fully saturated rings. The van der Waals surface area contributed by atoms with Gasteiger partial charge >= 0.3 is 6.18 Å². The lowest BCUT2D eigenvalue weighted by atomic mass is 9.98. The van der Waals surface area contributed by atoms with Crippen molar-refractivity contribution >= 4 is 5.91 Å². The van der Waals surface area contributed by atoms with Gasteiger partial charge in [-0.2, -0.15) is 18.3 Å². The molecule has 1 amide bonds. The fourth-order valence-corrected chi connectivity index (χ4v) is 2.42. The summed E-state index contributed by atoms with van der Waals surface area (Å²) in [7, 11) is 1.35. The number of halogens is 3. The van der Waals surface area contributed by atoms with Crippen molar-refractivity contribution < 1.29 is 23.1 Å². The first-order valence-electron chi connectivity index (χ1n) is 6.34. The highest BCUT2D eigenvalue weighted by molar-refractivity contribution is 5.95. The molecule has 1 atom stereocenters. The molecule has 1 unspecified atom stereocenters. The Kier molecular flexibility index (Phi) is 4.03. The first kappa shape index (κ1) is 14.8. The fraction of sp³-hybridized carbons (Fsp3) is 0.667. The molecule has 0 radical (unpaired) electrons. The van der Waals surface area contributed by atoms with Gasteiger partial charge in [-0.05, 0) is 18.8 Å². The molecule has 112 valence electrons. The Labute approximate surface area is 114 Å². The summed E-state index contributed by atoms with van der Waals surface area (Å²) < 4.78 is 39.5. The lowest BCUT2D eigenvalue weighted by Crippen LogP contribution is -2.41. The highest BCUT2D eigenvalue weighted by atomic mass is 19.4. The smallest absolute Gasteiger partial charge is 0.396 e. The highest BCUT2D eigenvalue weighted by Crippen LogP contribution is 2.31. The zero-order valence-corrected chi connectivity index (χ0v) is 11.0. The summed E-state index contributed by atoms with van der Waals surface area (Å²) in [6, 6.07) is 0. The van der Waals surface area contributed by atoms with E-state index in [9.17, 15) is 18.0 Å². The number of alkyl halides is 3. The van der Waals surface area contributed by atoms with E-state index < -0.39 is 23.3 Å². The molecular weight excluding hydrogens is 275 g/mol. The summed E-state index contributed by atoms with van der Waals surface area (Å²) in [6.45, 7) is 0.617. The van der Waals surface area contributed by atoms with Crippen LogP contribution in [0, 0.1) is 5.92 Å². The summed E-state index contributed by atoms with van der Waals surface area (Å²) in [5.41, 5.74) is -1.59. The van der Waals surface area contributed by atoms with Gasteiger partial charge in [0.05, 0.1) is 5.56 Å². The maximum atomic E-state index is 12.8. The minimum absolute atomic E-state index is 0.0665. The number of nitrogens with zero attached hydrogens (tertiary/aromatic N) is 3. The molecule has 0 saturated carbocycles. The number of rotatable bonds is 2. The van der Waals surface area contributed by atoms with E-state index in [1.807, 2.05) is 0 Å². The quantitative estimate of drug-likeness (QED) is 0.893. The molecule has 8 heteroatoms. The van der Waals surface area contributed by atoms with Crippen molar-refractivity contribution in [3.63, 3.8) is 0 Å². The Morgan fingerprint density at radius 2 is 2.25 bits per heavy atom. The number of carbonyl (C=O) groups is 1. The second kappa shape index (κ2) is 5.43. The number of aromatic nitrogens is 2. The van der Waals surface area contributed by atoms with Crippen LogP contribution in [0.1, 0.15) is 28.9 Å². The van der Waals surface area contributed by atoms with Crippen molar-refractivity contribution in [1.82, 2.24) is 14.7 Å². The van der Waals surface area contributed by atoms with Crippen LogP contribution >= 0.6 is 0 Å². The monoisotopic (exact) mass is 291 g/mol. The van der Waals surface area contributed by atoms with E-state index in [0.717, 1.165) is 17.3 Å². The van der Waals surface area contributed by atoms with Crippen molar-refractivity contribution in [3.05, 3.63) is 17.5 Å². The van der Waals surface area contributed by atoms with Gasteiger partial charge in [-0.3, -0.25) is 9.48 Å². The number of piperidine rings is 1. The molecule has 2 rings (SSSR count). The van der Waals surface area contributed by atoms with E-state index in [1.165, 1.54) is 11.9 Å². The van der Waals surface area contributed by atoms with Gasteiger partial charge in [0.25, 0.3) is 5.91 Å². The molecule has 0 bridgehead atoms. The van der Waals surface area contributed by atoms with E-state index in [1.54, 1.807) is 0 Å². The van der Waals surface area contributed by atoms with E-state index in [0.29, 0.717) is 13.0 Å². The van der Waals surface area contributed by atoms with Crippen molar-refractivity contribution in [2.24, 2.45) is 13.0 Å². The molecule has 1 aliphatic rings. The number of amides is 1. The number of hydrogen-bond donors (Lipinski definition) is 1. The molecule has 1 N–H and O–H groups in total. The van der Waals surface area contributed by atoms with Crippen LogP contribution in [-0.2, 0) is 13.2 Å². The van der Waals surface area contributed by atoms with Crippen molar-refractivity contribution in [2.45, 2.75) is 19.0 Å². The molecule has 0 spiro atoms. The van der Waals surface area contributed by atoms with Gasteiger partial charge < -0.3 is 10.0 Å². The van der Waals surface area contributed by atoms with E-state index in [-0.39, 0.29) is 19.1 Å². The Morgan fingerprint density at radius 1 is 1.55 bits per heavy atom. The summed E-state index contributed by atoms with van der Waals surface area (Å²) in [6.07, 6.45) is -2.11. The van der Waals surface area contributed by atoms with E-state index >= 15 is 0 Å². The number of carbonyl (C=O) groups excluding carboxylic acids is 1. The fourth-order valence-electron chi connectivity index (χ4n) is 2.42. The maximum Gasteiger partial charge on any atom is 0.435 e. The molecule has 1 aliphatic heterocycles. The lowest BCUT2D eigenvalue weighted by molar-refractivity contribution is -0.141. The Morgan fingerprint density at radius 3 is 2.85 bits per heavy atom. The van der Waals surface area contributed by atoms with Crippen LogP contribution in [-0.4, -0.2) is 45.4 Å². The predicted molar refractivity (Wildman–Crippen MR) is 63.9 cm³/mol. The molecule has 0 aliphatic carbocycles. The van der Waals surface area contributed by atoms with Gasteiger partial charge in [0.2, 0.25) is 0 Å². The number of aliphatic hydroxyl groups excluding tert-OH is 1. The average Bonchev–Trinajstić information content (AvgIpc) is 2.80. The van der Waals surface area contributed by atoms with Crippen LogP contribution in [0.25, 0.3) is 0 Å². The largest absolute Gasteiger partial charge is 0.435 e. The third kappa shape index (κ3) is 2.95. The zero-order valence-electron chi connectivity index (χ0n) is 11.0. The highest BCUT2D eigenvalue weighted by Gasteiger charge is 2.40. The summed E-state index contributed by atoms with van der Waals surface area (Å²) in [5.74, 6) is -0.748. The van der Waals surface area contributed by atoms with Crippen LogP contribution in [0.2, 0.25) is 0 Å². The maximum absolute atomic E-state index is 12.8. The van der Waals surface area contributed by atoms with Crippen LogP contribution in [0.15, 0.2) is 6.20 Å². The first-order chi connectivity index (χ1) is 9.32. The first-order valence-corrected chi connectivity index (χ1v) is 6.34. The molecule has 0 aromatic carbocycles. The van der Waals surface area contributed by atoms with Crippen LogP contribution in [0.5, 0.6) is 0 Å². The summed E-state index contributed by atoms with van der Waals surface area (Å²) in [5, 5.41) is 12.4. The van der Waals surface area contributed by atoms with Gasteiger partial charge in [-0.25, -0.2) is 0 Å². The SMILES string of the molecule is Cn1cc(C(=O)N2CCCC(CO)C2)c(C(F)(F)F)n1. The van der Waals surface area contributed by atoms with Crippen LogP contribution in [0.4, 0.5) is 13.2 Å². The third-order valence-corrected chi connectivity index (χ3v) is 3.39. The van der Waals surface area contributed by atoms with Gasteiger partial charge in [-0.1, -0.05) is 0 Å². The number of likely N-dealkylation sites (tertiary alicyclic amines) is 1. The zero-order chi connectivity index (χ0) is 14.9. The lowest BCUT2D eigenvalue weighted by Gasteiger charge is -2.31. The number of aryl methyl sites for hydroxylation is 1. The Balaban J connectivity index is 2.25. The van der Waals surface area contributed by atoms with E-state index in [2.05, 4.69) is 5.10 Å². The second-order valence-electron chi connectivity index (χ2n) is 5.00. The molecule has 1 saturated heterocycles. The van der Waals surface area contributed by atoms with Crippen molar-refractivity contribution in [3.8, 4) is 0 Å². The topological polar surface area (TPSA) is 58.4 Å². The molecule has 1 aromatic heterocycles. The molecular formula is C12H16F3N3O2. The van der Waals surface area contributed by atoms with Crippen molar-refractivity contribution in [1.29, 1.82) is 0 Å². The number of aliphatic hydroxyl groups is 1. The van der Waals surface area contributed by atoms with Gasteiger partial charge in [-0.15, -0.1) is 0 Å². The van der Waals surface area contributed by atoms with Crippen LogP contribution in [0.3, 0.4) is 0 Å². The predicted octanol–water partition coefficient (Wildman–Crippen LogP) is 1.28. The Bertz CT molecular complexity index is 499. The van der Waals surface area contributed by atoms with Gasteiger partial charge in [0, 0.05) is 32.9 Å². The minimum atomic E-state index is -4.65. The molecule has 1 aromatic rings. The van der Waals surface area contributed by atoms with Gasteiger partial charge in [0.15, 0.2) is 5.69 Å². The Hall–Kier alpha value is -1.57. The van der Waals surface area contributed by atoms with Crippen LogP contribution < -0.4 is 0 Å². The summed E-state index contributed by atoms with van der Waals surface area (Å²) >= 11 is 0. The number of hydrogen-bond acceptors (Lipinski definition) is 3. The second-order valence-corrected chi connectivity index (χ2v) is 5.00. The van der Waals surface area contributed by atoms with Crippen molar-refractivity contribution in [2.75, 3.05) is 19.7 Å². The molecule has 5 nitrogen and oxygen atoms in total. The van der Waals surface area contributed by atoms with E-state index in [4.69, 9.17) is 5.11 Å². The minimum Gasteiger partial charge on any atom is -0.396 e. The average molecular weight is 291 g/mol. The standard InChI is InChI=1S/C12H16F3N3O2/c1-17-6-9(10(16-17)12(13,14)15)11(20)18-4-2-3-8(5-18)7-19/h6,8,19H,2-5,7H2,1H3. The normalized spacial score (nSPS) is 20.2. The molecule has 20 heavy (non-hydrogen) atoms.